The molecule has 0 aliphatic carbocycles. The predicted octanol–water partition coefficient (Wildman–Crippen LogP) is 2.00. The Kier molecular flexibility index (Phi) is 3.91. The van der Waals surface area contributed by atoms with Gasteiger partial charge in [-0.15, -0.1) is 11.3 Å². The van der Waals surface area contributed by atoms with Gasteiger partial charge in [0, 0.05) is 13.2 Å². The van der Waals surface area contributed by atoms with Crippen molar-refractivity contribution < 1.29 is 9.63 Å². The van der Waals surface area contributed by atoms with Crippen LogP contribution in [0.2, 0.25) is 0 Å². The zero-order valence-electron chi connectivity index (χ0n) is 10.7. The molecule has 102 valence electrons. The first-order valence-corrected chi connectivity index (χ1v) is 7.43. The summed E-state index contributed by atoms with van der Waals surface area (Å²) < 4.78 is 5.28. The maximum Gasteiger partial charge on any atom is 0.268 e. The molecule has 0 spiro atoms. The first kappa shape index (κ1) is 12.8. The van der Waals surface area contributed by atoms with E-state index >= 15 is 0 Å². The van der Waals surface area contributed by atoms with Crippen molar-refractivity contribution in [1.29, 1.82) is 0 Å². The number of rotatable bonds is 4. The van der Waals surface area contributed by atoms with E-state index in [0.717, 1.165) is 36.6 Å². The van der Waals surface area contributed by atoms with E-state index in [1.54, 1.807) is 11.3 Å². The highest BCUT2D eigenvalue weighted by molar-refractivity contribution is 7.13. The van der Waals surface area contributed by atoms with Crippen LogP contribution in [0, 0.1) is 5.92 Å². The summed E-state index contributed by atoms with van der Waals surface area (Å²) >= 11 is 1.60. The molecular weight excluding hydrogens is 262 g/mol. The lowest BCUT2D eigenvalue weighted by atomic mass is 9.99. The quantitative estimate of drug-likeness (QED) is 0.927. The molecule has 1 aliphatic rings. The minimum absolute atomic E-state index is 0.267. The minimum atomic E-state index is 0.267. The van der Waals surface area contributed by atoms with Crippen LogP contribution in [0.25, 0.3) is 10.8 Å². The van der Waals surface area contributed by atoms with Crippen molar-refractivity contribution in [1.82, 2.24) is 15.0 Å². The number of aliphatic hydroxyl groups is 1. The van der Waals surface area contributed by atoms with Crippen molar-refractivity contribution in [2.45, 2.75) is 19.4 Å². The maximum absolute atomic E-state index is 9.23. The van der Waals surface area contributed by atoms with Crippen LogP contribution < -0.4 is 0 Å². The van der Waals surface area contributed by atoms with E-state index in [1.807, 2.05) is 17.5 Å². The van der Waals surface area contributed by atoms with Crippen LogP contribution in [0.1, 0.15) is 18.7 Å². The summed E-state index contributed by atoms with van der Waals surface area (Å²) in [7, 11) is 0. The summed E-state index contributed by atoms with van der Waals surface area (Å²) in [4.78, 5) is 7.72. The SMILES string of the molecule is OCC1CCCN(Cc2noc(-c3cccs3)n2)C1. The number of likely N-dealkylation sites (tertiary alicyclic amines) is 1. The molecule has 1 aliphatic heterocycles. The van der Waals surface area contributed by atoms with Crippen molar-refractivity contribution in [2.24, 2.45) is 5.92 Å². The van der Waals surface area contributed by atoms with Crippen molar-refractivity contribution in [3.05, 3.63) is 23.3 Å². The second kappa shape index (κ2) is 5.81. The number of piperidine rings is 1. The molecule has 1 fully saturated rings. The van der Waals surface area contributed by atoms with Crippen molar-refractivity contribution in [3.8, 4) is 10.8 Å². The number of nitrogens with zero attached hydrogens (tertiary/aromatic N) is 3. The predicted molar refractivity (Wildman–Crippen MR) is 72.7 cm³/mol. The molecule has 0 aromatic carbocycles. The standard InChI is InChI=1S/C13H17N3O2S/c17-9-10-3-1-5-16(7-10)8-12-14-13(18-15-12)11-4-2-6-19-11/h2,4,6,10,17H,1,3,5,7-9H2. The highest BCUT2D eigenvalue weighted by atomic mass is 32.1. The minimum Gasteiger partial charge on any atom is -0.396 e. The Morgan fingerprint density at radius 1 is 1.53 bits per heavy atom. The molecule has 1 atom stereocenters. The van der Waals surface area contributed by atoms with Crippen molar-refractivity contribution >= 4 is 11.3 Å². The van der Waals surface area contributed by atoms with Gasteiger partial charge < -0.3 is 9.63 Å². The Hall–Kier alpha value is -1.24. The summed E-state index contributed by atoms with van der Waals surface area (Å²) in [5.74, 6) is 1.71. The van der Waals surface area contributed by atoms with Crippen LogP contribution in [0.4, 0.5) is 0 Å². The Morgan fingerprint density at radius 3 is 3.26 bits per heavy atom. The molecule has 1 unspecified atom stereocenters. The highest BCUT2D eigenvalue weighted by Gasteiger charge is 2.21. The lowest BCUT2D eigenvalue weighted by Crippen LogP contribution is -2.36. The van der Waals surface area contributed by atoms with Crippen LogP contribution in [0.15, 0.2) is 22.0 Å². The third-order valence-electron chi connectivity index (χ3n) is 3.43. The van der Waals surface area contributed by atoms with Gasteiger partial charge in [-0.1, -0.05) is 11.2 Å². The van der Waals surface area contributed by atoms with Gasteiger partial charge in [0.15, 0.2) is 5.82 Å². The Balaban J connectivity index is 1.64. The Bertz CT molecular complexity index is 512. The number of hydrogen-bond donors (Lipinski definition) is 1. The van der Waals surface area contributed by atoms with E-state index in [1.165, 1.54) is 0 Å². The fraction of sp³-hybridized carbons (Fsp3) is 0.538. The van der Waals surface area contributed by atoms with Crippen LogP contribution in [0.5, 0.6) is 0 Å². The van der Waals surface area contributed by atoms with Gasteiger partial charge in [-0.25, -0.2) is 0 Å². The number of aromatic nitrogens is 2. The third-order valence-corrected chi connectivity index (χ3v) is 4.28. The molecule has 0 bridgehead atoms. The van der Waals surface area contributed by atoms with Crippen LogP contribution in [0.3, 0.4) is 0 Å². The zero-order chi connectivity index (χ0) is 13.1. The largest absolute Gasteiger partial charge is 0.396 e. The summed E-state index contributed by atoms with van der Waals surface area (Å²) in [6.07, 6.45) is 2.24. The van der Waals surface area contributed by atoms with E-state index < -0.39 is 0 Å². The average molecular weight is 279 g/mol. The number of aliphatic hydroxyl groups excluding tert-OH is 1. The zero-order valence-corrected chi connectivity index (χ0v) is 11.5. The van der Waals surface area contributed by atoms with Crippen LogP contribution in [-0.4, -0.2) is 39.8 Å². The van der Waals surface area contributed by atoms with Crippen LogP contribution >= 0.6 is 11.3 Å². The number of hydrogen-bond acceptors (Lipinski definition) is 6. The van der Waals surface area contributed by atoms with E-state index in [4.69, 9.17) is 4.52 Å². The van der Waals surface area contributed by atoms with Gasteiger partial charge in [0.25, 0.3) is 5.89 Å². The summed E-state index contributed by atoms with van der Waals surface area (Å²) in [5.41, 5.74) is 0. The number of thiophene rings is 1. The molecule has 19 heavy (non-hydrogen) atoms. The van der Waals surface area contributed by atoms with Gasteiger partial charge in [0.1, 0.15) is 0 Å². The lowest BCUT2D eigenvalue weighted by molar-refractivity contribution is 0.113. The fourth-order valence-electron chi connectivity index (χ4n) is 2.46. The molecule has 5 nitrogen and oxygen atoms in total. The molecule has 0 saturated carbocycles. The van der Waals surface area contributed by atoms with Gasteiger partial charge in [0.05, 0.1) is 11.4 Å². The molecule has 0 amide bonds. The molecular formula is C13H17N3O2S. The van der Waals surface area contributed by atoms with Gasteiger partial charge in [-0.05, 0) is 36.8 Å². The van der Waals surface area contributed by atoms with Crippen molar-refractivity contribution in [2.75, 3.05) is 19.7 Å². The molecule has 0 radical (unpaired) electrons. The molecule has 2 aromatic rings. The molecule has 2 aromatic heterocycles. The van der Waals surface area contributed by atoms with Crippen molar-refractivity contribution in [3.63, 3.8) is 0 Å². The summed E-state index contributed by atoms with van der Waals surface area (Å²) in [6, 6.07) is 3.95. The Labute approximate surface area is 115 Å². The lowest BCUT2D eigenvalue weighted by Gasteiger charge is -2.30. The smallest absolute Gasteiger partial charge is 0.268 e. The monoisotopic (exact) mass is 279 g/mol. The average Bonchev–Trinajstić information content (AvgIpc) is 3.09. The highest BCUT2D eigenvalue weighted by Crippen LogP contribution is 2.23. The molecule has 3 heterocycles. The second-order valence-electron chi connectivity index (χ2n) is 4.92. The van der Waals surface area contributed by atoms with E-state index in [-0.39, 0.29) is 6.61 Å². The third kappa shape index (κ3) is 3.02. The molecule has 3 rings (SSSR count). The summed E-state index contributed by atoms with van der Waals surface area (Å²) in [5, 5.41) is 15.3. The first-order chi connectivity index (χ1) is 9.35. The summed E-state index contributed by atoms with van der Waals surface area (Å²) in [6.45, 7) is 2.92. The Morgan fingerprint density at radius 2 is 2.47 bits per heavy atom. The van der Waals surface area contributed by atoms with Gasteiger partial charge in [0.2, 0.25) is 0 Å². The molecule has 1 saturated heterocycles. The van der Waals surface area contributed by atoms with Gasteiger partial charge >= 0.3 is 0 Å². The fourth-order valence-corrected chi connectivity index (χ4v) is 3.11. The maximum atomic E-state index is 9.23. The van der Waals surface area contributed by atoms with Crippen LogP contribution in [-0.2, 0) is 6.54 Å². The first-order valence-electron chi connectivity index (χ1n) is 6.55. The van der Waals surface area contributed by atoms with Gasteiger partial charge in [-0.2, -0.15) is 4.98 Å². The molecule has 1 N–H and O–H groups in total. The van der Waals surface area contributed by atoms with Gasteiger partial charge in [-0.3, -0.25) is 4.90 Å². The van der Waals surface area contributed by atoms with E-state index in [9.17, 15) is 5.11 Å². The normalized spacial score (nSPS) is 20.8. The molecule has 6 heteroatoms. The van der Waals surface area contributed by atoms with E-state index in [0.29, 0.717) is 18.4 Å². The van der Waals surface area contributed by atoms with E-state index in [2.05, 4.69) is 15.0 Å². The topological polar surface area (TPSA) is 62.4 Å². The second-order valence-corrected chi connectivity index (χ2v) is 5.87.